The minimum Gasteiger partial charge on any atom is -0.326 e. The summed E-state index contributed by atoms with van der Waals surface area (Å²) < 4.78 is 40.6. The number of anilines is 1. The average molecular weight is 417 g/mol. The molecule has 0 spiro atoms. The molecule has 3 rings (SSSR count). The molecule has 2 aromatic rings. The number of sulfonamides is 1. The summed E-state index contributed by atoms with van der Waals surface area (Å²) >= 11 is 6.89. The van der Waals surface area contributed by atoms with Gasteiger partial charge in [0.1, 0.15) is 10.0 Å². The van der Waals surface area contributed by atoms with Gasteiger partial charge in [-0.2, -0.15) is 4.31 Å². The summed E-state index contributed by atoms with van der Waals surface area (Å²) in [5.41, 5.74) is 0.380. The molecule has 5 nitrogen and oxygen atoms in total. The monoisotopic (exact) mass is 416 g/mol. The molecule has 1 N–H and O–H groups in total. The molecule has 1 atom stereocenters. The van der Waals surface area contributed by atoms with Gasteiger partial charge in [-0.25, -0.2) is 12.8 Å². The summed E-state index contributed by atoms with van der Waals surface area (Å²) in [6.45, 7) is 0.403. The molecular formula is C17H18ClFN2O3S2. The van der Waals surface area contributed by atoms with Crippen molar-refractivity contribution in [1.82, 2.24) is 4.31 Å². The van der Waals surface area contributed by atoms with Crippen molar-refractivity contribution in [3.63, 3.8) is 0 Å². The fraction of sp³-hybridized carbons (Fsp3) is 0.353. The Morgan fingerprint density at radius 3 is 2.85 bits per heavy atom. The van der Waals surface area contributed by atoms with Crippen molar-refractivity contribution < 1.29 is 17.6 Å². The average Bonchev–Trinajstić information content (AvgIpc) is 3.14. The highest BCUT2D eigenvalue weighted by atomic mass is 35.5. The molecule has 0 unspecified atom stereocenters. The Balaban J connectivity index is 1.72. The minimum atomic E-state index is -3.60. The van der Waals surface area contributed by atoms with Gasteiger partial charge in [0.2, 0.25) is 5.91 Å². The zero-order chi connectivity index (χ0) is 18.7. The maximum absolute atomic E-state index is 13.2. The van der Waals surface area contributed by atoms with Gasteiger partial charge in [0.25, 0.3) is 10.0 Å². The van der Waals surface area contributed by atoms with Gasteiger partial charge >= 0.3 is 0 Å². The predicted molar refractivity (Wildman–Crippen MR) is 101 cm³/mol. The van der Waals surface area contributed by atoms with Crippen LogP contribution in [0.5, 0.6) is 0 Å². The molecule has 2 heterocycles. The molecule has 1 fully saturated rings. The van der Waals surface area contributed by atoms with Crippen molar-refractivity contribution in [2.75, 3.05) is 11.9 Å². The van der Waals surface area contributed by atoms with Gasteiger partial charge in [0.15, 0.2) is 0 Å². The fourth-order valence-corrected chi connectivity index (χ4v) is 6.01. The second-order valence-corrected chi connectivity index (χ2v) is 9.55. The lowest BCUT2D eigenvalue weighted by Crippen LogP contribution is -2.45. The van der Waals surface area contributed by atoms with Crippen LogP contribution in [0.2, 0.25) is 5.02 Å². The van der Waals surface area contributed by atoms with Gasteiger partial charge in [-0.1, -0.05) is 24.1 Å². The number of halogens is 2. The minimum absolute atomic E-state index is 0.0413. The number of hydrogen-bond donors (Lipinski definition) is 1. The number of carbonyl (C=O) groups excluding carboxylic acids is 1. The second kappa shape index (κ2) is 8.04. The number of carbonyl (C=O) groups is 1. The molecule has 0 radical (unpaired) electrons. The van der Waals surface area contributed by atoms with Crippen LogP contribution in [0.4, 0.5) is 10.1 Å². The lowest BCUT2D eigenvalue weighted by Gasteiger charge is -2.34. The largest absolute Gasteiger partial charge is 0.326 e. The van der Waals surface area contributed by atoms with Crippen molar-refractivity contribution in [3.8, 4) is 0 Å². The molecular weight excluding hydrogens is 399 g/mol. The van der Waals surface area contributed by atoms with Crippen LogP contribution in [0.3, 0.4) is 0 Å². The van der Waals surface area contributed by atoms with E-state index in [0.29, 0.717) is 18.7 Å². The van der Waals surface area contributed by atoms with Crippen LogP contribution >= 0.6 is 22.9 Å². The van der Waals surface area contributed by atoms with Crippen LogP contribution in [0.15, 0.2) is 39.9 Å². The van der Waals surface area contributed by atoms with E-state index in [9.17, 15) is 17.6 Å². The Hall–Kier alpha value is -1.48. The standard InChI is InChI=1S/C17H18ClFN2O3S2/c18-14-10-12(6-7-15(14)19)20-16(22)11-13-4-1-2-8-21(13)26(23,24)17-5-3-9-25-17/h3,5-7,9-10,13H,1-2,4,8,11H2,(H,20,22)/t13-/m1/s1. The highest BCUT2D eigenvalue weighted by molar-refractivity contribution is 7.91. The van der Waals surface area contributed by atoms with Gasteiger partial charge in [-0.05, 0) is 42.5 Å². The highest BCUT2D eigenvalue weighted by Gasteiger charge is 2.35. The van der Waals surface area contributed by atoms with Crippen LogP contribution in [0.25, 0.3) is 0 Å². The van der Waals surface area contributed by atoms with Gasteiger partial charge in [0, 0.05) is 24.7 Å². The summed E-state index contributed by atoms with van der Waals surface area (Å²) in [5.74, 6) is -0.892. The van der Waals surface area contributed by atoms with Gasteiger partial charge in [-0.3, -0.25) is 4.79 Å². The van der Waals surface area contributed by atoms with E-state index < -0.39 is 21.9 Å². The third-order valence-electron chi connectivity index (χ3n) is 4.26. The van der Waals surface area contributed by atoms with Crippen molar-refractivity contribution in [2.45, 2.75) is 35.9 Å². The van der Waals surface area contributed by atoms with Crippen LogP contribution in [-0.2, 0) is 14.8 Å². The van der Waals surface area contributed by atoms with Crippen LogP contribution in [0.1, 0.15) is 25.7 Å². The highest BCUT2D eigenvalue weighted by Crippen LogP contribution is 2.29. The Morgan fingerprint density at radius 2 is 2.15 bits per heavy atom. The number of benzene rings is 1. The fourth-order valence-electron chi connectivity index (χ4n) is 3.02. The summed E-state index contributed by atoms with van der Waals surface area (Å²) in [5, 5.41) is 4.29. The summed E-state index contributed by atoms with van der Waals surface area (Å²) in [6.07, 6.45) is 2.31. The Morgan fingerprint density at radius 1 is 1.35 bits per heavy atom. The SMILES string of the molecule is O=C(C[C@H]1CCCCN1S(=O)(=O)c1cccs1)Nc1ccc(F)c(Cl)c1. The molecule has 0 bridgehead atoms. The summed E-state index contributed by atoms with van der Waals surface area (Å²) in [7, 11) is -3.60. The number of nitrogens with one attached hydrogen (secondary N) is 1. The van der Waals surface area contributed by atoms with Crippen molar-refractivity contribution >= 4 is 44.6 Å². The molecule has 0 saturated carbocycles. The maximum atomic E-state index is 13.2. The Labute approximate surface area is 160 Å². The molecule has 9 heteroatoms. The maximum Gasteiger partial charge on any atom is 0.252 e. The lowest BCUT2D eigenvalue weighted by atomic mass is 10.0. The molecule has 140 valence electrons. The number of hydrogen-bond acceptors (Lipinski definition) is 4. The zero-order valence-corrected chi connectivity index (χ0v) is 16.2. The van der Waals surface area contributed by atoms with Crippen molar-refractivity contribution in [3.05, 3.63) is 46.6 Å². The smallest absolute Gasteiger partial charge is 0.252 e. The number of rotatable bonds is 5. The number of piperidine rings is 1. The van der Waals surface area contributed by atoms with E-state index in [-0.39, 0.29) is 21.6 Å². The van der Waals surface area contributed by atoms with Crippen molar-refractivity contribution in [1.29, 1.82) is 0 Å². The normalized spacial score (nSPS) is 18.6. The van der Waals surface area contributed by atoms with Gasteiger partial charge in [-0.15, -0.1) is 11.3 Å². The molecule has 1 saturated heterocycles. The molecule has 1 aromatic heterocycles. The Bertz CT molecular complexity index is 887. The Kier molecular flexibility index (Phi) is 5.96. The van der Waals surface area contributed by atoms with Gasteiger partial charge < -0.3 is 5.32 Å². The van der Waals surface area contributed by atoms with E-state index in [1.807, 2.05) is 0 Å². The third-order valence-corrected chi connectivity index (χ3v) is 7.87. The molecule has 1 aliphatic heterocycles. The van der Waals surface area contributed by atoms with Gasteiger partial charge in [0.05, 0.1) is 5.02 Å². The van der Waals surface area contributed by atoms with E-state index in [2.05, 4.69) is 5.32 Å². The van der Waals surface area contributed by atoms with E-state index in [4.69, 9.17) is 11.6 Å². The van der Waals surface area contributed by atoms with E-state index in [1.54, 1.807) is 17.5 Å². The first kappa shape index (κ1) is 19.3. The first-order valence-electron chi connectivity index (χ1n) is 8.18. The van der Waals surface area contributed by atoms with Crippen LogP contribution in [0, 0.1) is 5.82 Å². The number of amides is 1. The van der Waals surface area contributed by atoms with Crippen LogP contribution < -0.4 is 5.32 Å². The third kappa shape index (κ3) is 4.25. The van der Waals surface area contributed by atoms with E-state index in [1.165, 1.54) is 33.8 Å². The second-order valence-electron chi connectivity index (χ2n) is 6.08. The van der Waals surface area contributed by atoms with Crippen LogP contribution in [-0.4, -0.2) is 31.2 Å². The molecule has 1 aliphatic rings. The van der Waals surface area contributed by atoms with E-state index in [0.717, 1.165) is 12.8 Å². The topological polar surface area (TPSA) is 66.5 Å². The molecule has 1 aromatic carbocycles. The summed E-state index contributed by atoms with van der Waals surface area (Å²) in [4.78, 5) is 12.4. The zero-order valence-electron chi connectivity index (χ0n) is 13.8. The van der Waals surface area contributed by atoms with Crippen molar-refractivity contribution in [2.24, 2.45) is 0 Å². The first-order chi connectivity index (χ1) is 12.4. The predicted octanol–water partition coefficient (Wildman–Crippen LogP) is 4.11. The van der Waals surface area contributed by atoms with E-state index >= 15 is 0 Å². The molecule has 26 heavy (non-hydrogen) atoms. The quantitative estimate of drug-likeness (QED) is 0.797. The summed E-state index contributed by atoms with van der Waals surface area (Å²) in [6, 6.07) is 6.79. The number of nitrogens with zero attached hydrogens (tertiary/aromatic N) is 1. The molecule has 0 aliphatic carbocycles. The first-order valence-corrected chi connectivity index (χ1v) is 10.9. The molecule has 1 amide bonds. The number of thiophene rings is 1. The lowest BCUT2D eigenvalue weighted by molar-refractivity contribution is -0.117.